The first kappa shape index (κ1) is 12.4. The smallest absolute Gasteiger partial charge is 0.323 e. The fourth-order valence-corrected chi connectivity index (χ4v) is 0.826. The molecule has 14 heavy (non-hydrogen) atoms. The zero-order valence-electron chi connectivity index (χ0n) is 7.64. The molecule has 0 bridgehead atoms. The van der Waals surface area contributed by atoms with Gasteiger partial charge in [-0.05, 0) is 6.92 Å². The van der Waals surface area contributed by atoms with Gasteiger partial charge in [-0.25, -0.2) is 0 Å². The van der Waals surface area contributed by atoms with Crippen LogP contribution in [0.25, 0.3) is 0 Å². The maximum absolute atomic E-state index is 11.2. The average molecular weight is 204 g/mol. The van der Waals surface area contributed by atoms with Crippen LogP contribution in [0.1, 0.15) is 6.92 Å². The third kappa shape index (κ3) is 4.41. The van der Waals surface area contributed by atoms with Gasteiger partial charge in [-0.1, -0.05) is 0 Å². The van der Waals surface area contributed by atoms with Crippen LogP contribution in [0.2, 0.25) is 0 Å². The van der Waals surface area contributed by atoms with Crippen molar-refractivity contribution in [2.75, 3.05) is 13.1 Å². The van der Waals surface area contributed by atoms with Gasteiger partial charge in [0.05, 0.1) is 6.04 Å². The Kier molecular flexibility index (Phi) is 4.57. The molecule has 0 saturated heterocycles. The summed E-state index contributed by atoms with van der Waals surface area (Å²) in [5.41, 5.74) is 5.21. The van der Waals surface area contributed by atoms with Crippen molar-refractivity contribution < 1.29 is 24.6 Å². The van der Waals surface area contributed by atoms with Gasteiger partial charge >= 0.3 is 11.9 Å². The molecule has 0 aromatic heterocycles. The van der Waals surface area contributed by atoms with Crippen molar-refractivity contribution in [2.24, 2.45) is 5.73 Å². The number of hydrogen-bond donors (Lipinski definition) is 3. The molecule has 0 heterocycles. The molecule has 0 fully saturated rings. The van der Waals surface area contributed by atoms with Crippen LogP contribution in [0, 0.1) is 0 Å². The molecule has 0 saturated carbocycles. The molecule has 0 aliphatic carbocycles. The number of carbonyl (C=O) groups is 3. The molecule has 1 atom stereocenters. The Morgan fingerprint density at radius 2 is 1.57 bits per heavy atom. The summed E-state index contributed by atoms with van der Waals surface area (Å²) < 4.78 is 0. The van der Waals surface area contributed by atoms with Crippen LogP contribution in [-0.2, 0) is 14.4 Å². The Labute approximate surface area is 80.1 Å². The molecule has 0 spiro atoms. The van der Waals surface area contributed by atoms with E-state index in [9.17, 15) is 14.4 Å². The Hall–Kier alpha value is -1.63. The number of carboxylic acids is 2. The fourth-order valence-electron chi connectivity index (χ4n) is 0.826. The summed E-state index contributed by atoms with van der Waals surface area (Å²) in [5.74, 6) is -3.25. The number of nitrogens with two attached hydrogens (primary N) is 1. The molecule has 0 unspecified atom stereocenters. The van der Waals surface area contributed by atoms with E-state index in [0.29, 0.717) is 4.90 Å². The quantitative estimate of drug-likeness (QED) is 0.492. The second-order valence-electron chi connectivity index (χ2n) is 2.77. The Bertz CT molecular complexity index is 234. The highest BCUT2D eigenvalue weighted by Crippen LogP contribution is 1.93. The lowest BCUT2D eigenvalue weighted by molar-refractivity contribution is -0.149. The van der Waals surface area contributed by atoms with E-state index in [1.165, 1.54) is 6.92 Å². The minimum atomic E-state index is -1.28. The molecule has 0 radical (unpaired) electrons. The molecule has 0 aliphatic rings. The fraction of sp³-hybridized carbons (Fsp3) is 0.571. The molecule has 0 aromatic carbocycles. The van der Waals surface area contributed by atoms with E-state index in [1.54, 1.807) is 0 Å². The second kappa shape index (κ2) is 5.18. The van der Waals surface area contributed by atoms with Crippen LogP contribution in [0.4, 0.5) is 0 Å². The van der Waals surface area contributed by atoms with E-state index in [0.717, 1.165) is 0 Å². The van der Waals surface area contributed by atoms with Crippen molar-refractivity contribution in [1.82, 2.24) is 4.90 Å². The molecule has 7 heteroatoms. The summed E-state index contributed by atoms with van der Waals surface area (Å²) in [7, 11) is 0. The van der Waals surface area contributed by atoms with E-state index in [2.05, 4.69) is 0 Å². The van der Waals surface area contributed by atoms with E-state index < -0.39 is 37.0 Å². The van der Waals surface area contributed by atoms with E-state index in [1.807, 2.05) is 0 Å². The van der Waals surface area contributed by atoms with Gasteiger partial charge in [0.1, 0.15) is 13.1 Å². The van der Waals surface area contributed by atoms with Gasteiger partial charge in [0.2, 0.25) is 5.91 Å². The largest absolute Gasteiger partial charge is 0.480 e. The topological polar surface area (TPSA) is 121 Å². The lowest BCUT2D eigenvalue weighted by Crippen LogP contribution is -2.46. The number of rotatable bonds is 5. The van der Waals surface area contributed by atoms with E-state index >= 15 is 0 Å². The molecule has 0 aliphatic heterocycles. The van der Waals surface area contributed by atoms with Crippen molar-refractivity contribution >= 4 is 17.8 Å². The SMILES string of the molecule is C[C@@H](N)C(=O)N(CC(=O)O)CC(=O)O. The van der Waals surface area contributed by atoms with Crippen molar-refractivity contribution in [3.05, 3.63) is 0 Å². The number of carboxylic acid groups (broad SMARTS) is 2. The lowest BCUT2D eigenvalue weighted by Gasteiger charge is -2.20. The predicted molar refractivity (Wildman–Crippen MR) is 45.5 cm³/mol. The first-order chi connectivity index (χ1) is 6.34. The van der Waals surface area contributed by atoms with Gasteiger partial charge in [-0.15, -0.1) is 0 Å². The number of hydrogen-bond acceptors (Lipinski definition) is 4. The predicted octanol–water partition coefficient (Wildman–Crippen LogP) is -1.67. The summed E-state index contributed by atoms with van der Waals surface area (Å²) in [6.45, 7) is 0.0401. The Morgan fingerprint density at radius 1 is 1.21 bits per heavy atom. The Morgan fingerprint density at radius 3 is 1.79 bits per heavy atom. The molecule has 0 aromatic rings. The van der Waals surface area contributed by atoms with Crippen LogP contribution in [0.3, 0.4) is 0 Å². The van der Waals surface area contributed by atoms with Crippen LogP contribution in [-0.4, -0.2) is 52.1 Å². The minimum Gasteiger partial charge on any atom is -0.480 e. The van der Waals surface area contributed by atoms with E-state index in [4.69, 9.17) is 15.9 Å². The Balaban J connectivity index is 4.46. The third-order valence-corrected chi connectivity index (χ3v) is 1.35. The average Bonchev–Trinajstić information content (AvgIpc) is 1.99. The van der Waals surface area contributed by atoms with Crippen molar-refractivity contribution in [3.63, 3.8) is 0 Å². The van der Waals surface area contributed by atoms with Crippen LogP contribution < -0.4 is 5.73 Å². The number of carbonyl (C=O) groups excluding carboxylic acids is 1. The molecule has 1 amide bonds. The lowest BCUT2D eigenvalue weighted by atomic mass is 10.3. The zero-order valence-corrected chi connectivity index (χ0v) is 7.64. The van der Waals surface area contributed by atoms with Gasteiger partial charge in [-0.3, -0.25) is 14.4 Å². The van der Waals surface area contributed by atoms with Crippen molar-refractivity contribution in [2.45, 2.75) is 13.0 Å². The van der Waals surface area contributed by atoms with Gasteiger partial charge in [-0.2, -0.15) is 0 Å². The molecule has 0 rings (SSSR count). The monoisotopic (exact) mass is 204 g/mol. The highest BCUT2D eigenvalue weighted by Gasteiger charge is 2.21. The van der Waals surface area contributed by atoms with Gasteiger partial charge in [0.15, 0.2) is 0 Å². The molecule has 4 N–H and O–H groups in total. The standard InChI is InChI=1S/C7H12N2O5/c1-4(8)7(14)9(2-5(10)11)3-6(12)13/h4H,2-3,8H2,1H3,(H,10,11)(H,12,13)/t4-/m1/s1. The zero-order chi connectivity index (χ0) is 11.3. The first-order valence-corrected chi connectivity index (χ1v) is 3.82. The first-order valence-electron chi connectivity index (χ1n) is 3.82. The maximum atomic E-state index is 11.2. The van der Waals surface area contributed by atoms with Gasteiger partial charge < -0.3 is 20.8 Å². The molecule has 80 valence electrons. The summed E-state index contributed by atoms with van der Waals surface area (Å²) in [5, 5.41) is 16.8. The normalized spacial score (nSPS) is 11.9. The minimum absolute atomic E-state index is 0.660. The summed E-state index contributed by atoms with van der Waals surface area (Å²) >= 11 is 0. The highest BCUT2D eigenvalue weighted by atomic mass is 16.4. The highest BCUT2D eigenvalue weighted by molar-refractivity contribution is 5.87. The summed E-state index contributed by atoms with van der Waals surface area (Å²) in [6, 6.07) is -0.909. The van der Waals surface area contributed by atoms with Crippen molar-refractivity contribution in [3.8, 4) is 0 Å². The van der Waals surface area contributed by atoms with Gasteiger partial charge in [0.25, 0.3) is 0 Å². The summed E-state index contributed by atoms with van der Waals surface area (Å²) in [4.78, 5) is 32.4. The number of aliphatic carboxylic acids is 2. The molecule has 7 nitrogen and oxygen atoms in total. The third-order valence-electron chi connectivity index (χ3n) is 1.35. The number of nitrogens with zero attached hydrogens (tertiary/aromatic N) is 1. The van der Waals surface area contributed by atoms with Crippen molar-refractivity contribution in [1.29, 1.82) is 0 Å². The molecular formula is C7H12N2O5. The second-order valence-corrected chi connectivity index (χ2v) is 2.77. The van der Waals surface area contributed by atoms with Gasteiger partial charge in [0, 0.05) is 0 Å². The maximum Gasteiger partial charge on any atom is 0.323 e. The van der Waals surface area contributed by atoms with Crippen LogP contribution in [0.5, 0.6) is 0 Å². The van der Waals surface area contributed by atoms with Crippen LogP contribution in [0.15, 0.2) is 0 Å². The number of amides is 1. The van der Waals surface area contributed by atoms with E-state index in [-0.39, 0.29) is 0 Å². The molecular weight excluding hydrogens is 192 g/mol. The summed E-state index contributed by atoms with van der Waals surface area (Å²) in [6.07, 6.45) is 0. The van der Waals surface area contributed by atoms with Crippen LogP contribution >= 0.6 is 0 Å².